The minimum Gasteiger partial charge on any atom is -0.393 e. The fourth-order valence-corrected chi connectivity index (χ4v) is 9.11. The summed E-state index contributed by atoms with van der Waals surface area (Å²) in [6.07, 6.45) is 10.1. The molecule has 2 N–H and O–H groups in total. The van der Waals surface area contributed by atoms with Crippen molar-refractivity contribution in [3.05, 3.63) is 0 Å². The van der Waals surface area contributed by atoms with Crippen molar-refractivity contribution < 1.29 is 15.0 Å². The molecule has 30 heavy (non-hydrogen) atoms. The maximum Gasteiger partial charge on any atom is 0.222 e. The SMILES string of the molecule is CC(CCC(=O)N(C)C)[C@H]1CC[C@H]2[C@@H]3CC[C@H]4C[C@@H](O)CC[C@]4(C)[C@H]3[C@@H](O)C[C@]12C. The molecule has 0 heterocycles. The summed E-state index contributed by atoms with van der Waals surface area (Å²) >= 11 is 0. The van der Waals surface area contributed by atoms with Crippen LogP contribution in [0.5, 0.6) is 0 Å². The van der Waals surface area contributed by atoms with E-state index in [1.807, 2.05) is 14.1 Å². The summed E-state index contributed by atoms with van der Waals surface area (Å²) in [6.45, 7) is 7.26. The minimum atomic E-state index is -0.213. The largest absolute Gasteiger partial charge is 0.393 e. The number of carbonyl (C=O) groups is 1. The number of carbonyl (C=O) groups excluding carboxylic acids is 1. The highest BCUT2D eigenvalue weighted by Crippen LogP contribution is 2.68. The fraction of sp³-hybridized carbons (Fsp3) is 0.962. The highest BCUT2D eigenvalue weighted by molar-refractivity contribution is 5.75. The Bertz CT molecular complexity index is 650. The van der Waals surface area contributed by atoms with Crippen LogP contribution in [-0.4, -0.2) is 47.3 Å². The molecule has 0 spiro atoms. The summed E-state index contributed by atoms with van der Waals surface area (Å²) < 4.78 is 0. The molecular formula is C26H45NO3. The van der Waals surface area contributed by atoms with Crippen LogP contribution in [0.1, 0.15) is 85.0 Å². The molecule has 172 valence electrons. The van der Waals surface area contributed by atoms with Crippen LogP contribution in [0.15, 0.2) is 0 Å². The maximum absolute atomic E-state index is 12.1. The zero-order valence-corrected chi connectivity index (χ0v) is 19.9. The van der Waals surface area contributed by atoms with E-state index in [1.54, 1.807) is 4.90 Å². The molecule has 4 rings (SSSR count). The van der Waals surface area contributed by atoms with Crippen LogP contribution in [0.25, 0.3) is 0 Å². The van der Waals surface area contributed by atoms with Crippen molar-refractivity contribution in [2.75, 3.05) is 14.1 Å². The predicted molar refractivity (Wildman–Crippen MR) is 120 cm³/mol. The Hall–Kier alpha value is -0.610. The minimum absolute atomic E-state index is 0.132. The van der Waals surface area contributed by atoms with Crippen LogP contribution in [0.2, 0.25) is 0 Å². The third-order valence-corrected chi connectivity index (χ3v) is 10.6. The van der Waals surface area contributed by atoms with Crippen molar-refractivity contribution >= 4 is 5.91 Å². The van der Waals surface area contributed by atoms with Gasteiger partial charge in [0.25, 0.3) is 0 Å². The summed E-state index contributed by atoms with van der Waals surface area (Å²) in [5, 5.41) is 21.8. The van der Waals surface area contributed by atoms with Gasteiger partial charge in [-0.05, 0) is 104 Å². The average Bonchev–Trinajstić information content (AvgIpc) is 3.02. The van der Waals surface area contributed by atoms with Crippen LogP contribution < -0.4 is 0 Å². The van der Waals surface area contributed by atoms with E-state index in [0.29, 0.717) is 41.9 Å². The average molecular weight is 420 g/mol. The summed E-state index contributed by atoms with van der Waals surface area (Å²) in [5.41, 5.74) is 0.406. The van der Waals surface area contributed by atoms with E-state index in [4.69, 9.17) is 0 Å². The fourth-order valence-electron chi connectivity index (χ4n) is 9.11. The number of amides is 1. The van der Waals surface area contributed by atoms with Crippen LogP contribution in [0.3, 0.4) is 0 Å². The van der Waals surface area contributed by atoms with Crippen molar-refractivity contribution in [2.45, 2.75) is 97.2 Å². The van der Waals surface area contributed by atoms with Crippen LogP contribution in [0.4, 0.5) is 0 Å². The van der Waals surface area contributed by atoms with Crippen LogP contribution in [-0.2, 0) is 4.79 Å². The summed E-state index contributed by atoms with van der Waals surface area (Å²) in [6, 6.07) is 0. The number of nitrogens with zero attached hydrogens (tertiary/aromatic N) is 1. The first-order valence-corrected chi connectivity index (χ1v) is 12.6. The highest BCUT2D eigenvalue weighted by atomic mass is 16.3. The van der Waals surface area contributed by atoms with E-state index in [0.717, 1.165) is 32.1 Å². The Morgan fingerprint density at radius 3 is 2.50 bits per heavy atom. The van der Waals surface area contributed by atoms with Gasteiger partial charge in [-0.25, -0.2) is 0 Å². The molecule has 0 saturated heterocycles. The molecule has 1 amide bonds. The lowest BCUT2D eigenvalue weighted by Gasteiger charge is -2.62. The maximum atomic E-state index is 12.1. The van der Waals surface area contributed by atoms with Gasteiger partial charge in [-0.3, -0.25) is 4.79 Å². The first-order chi connectivity index (χ1) is 14.1. The molecule has 0 bridgehead atoms. The molecular weight excluding hydrogens is 374 g/mol. The molecule has 1 unspecified atom stereocenters. The Morgan fingerprint density at radius 2 is 1.80 bits per heavy atom. The number of fused-ring (bicyclic) bond motifs is 5. The molecule has 4 saturated carbocycles. The third-order valence-electron chi connectivity index (χ3n) is 10.6. The van der Waals surface area contributed by atoms with E-state index >= 15 is 0 Å². The second-order valence-electron chi connectivity index (χ2n) is 12.3. The standard InChI is InChI=1S/C26H45NO3/c1-16(6-11-23(30)27(4)5)20-9-10-21-19-8-7-17-14-18(28)12-13-25(17,2)24(19)22(29)15-26(20,21)3/h16-22,24,28-29H,6-15H2,1-5H3/t16?,17-,18-,19-,20+,21-,22-,24+,25-,26+/m0/s1. The molecule has 0 aromatic carbocycles. The van der Waals surface area contributed by atoms with E-state index in [1.165, 1.54) is 25.7 Å². The number of rotatable bonds is 4. The number of aliphatic hydroxyl groups excluding tert-OH is 2. The second kappa shape index (κ2) is 8.06. The monoisotopic (exact) mass is 419 g/mol. The molecule has 4 fully saturated rings. The topological polar surface area (TPSA) is 60.8 Å². The smallest absolute Gasteiger partial charge is 0.222 e. The molecule has 4 heteroatoms. The van der Waals surface area contributed by atoms with Crippen molar-refractivity contribution in [2.24, 2.45) is 46.3 Å². The van der Waals surface area contributed by atoms with E-state index < -0.39 is 0 Å². The van der Waals surface area contributed by atoms with Crippen molar-refractivity contribution in [3.8, 4) is 0 Å². The normalized spacial score (nSPS) is 49.0. The lowest BCUT2D eigenvalue weighted by Crippen LogP contribution is -2.59. The van der Waals surface area contributed by atoms with Crippen LogP contribution in [0, 0.1) is 46.3 Å². The molecule has 0 aliphatic heterocycles. The van der Waals surface area contributed by atoms with Gasteiger partial charge in [0.15, 0.2) is 0 Å². The molecule has 4 aliphatic carbocycles. The molecule has 0 aromatic heterocycles. The quantitative estimate of drug-likeness (QED) is 0.706. The Morgan fingerprint density at radius 1 is 1.07 bits per heavy atom. The number of aliphatic hydroxyl groups is 2. The first kappa shape index (κ1) is 22.6. The van der Waals surface area contributed by atoms with E-state index in [9.17, 15) is 15.0 Å². The molecule has 0 radical (unpaired) electrons. The lowest BCUT2D eigenvalue weighted by atomic mass is 9.43. The van der Waals surface area contributed by atoms with Gasteiger partial charge in [-0.1, -0.05) is 20.8 Å². The summed E-state index contributed by atoms with van der Waals surface area (Å²) in [7, 11) is 3.69. The van der Waals surface area contributed by atoms with Gasteiger partial charge in [0.05, 0.1) is 12.2 Å². The Labute approximate surface area is 183 Å². The van der Waals surface area contributed by atoms with Gasteiger partial charge >= 0.3 is 0 Å². The highest BCUT2D eigenvalue weighted by Gasteiger charge is 2.63. The van der Waals surface area contributed by atoms with Gasteiger partial charge in [-0.15, -0.1) is 0 Å². The first-order valence-electron chi connectivity index (χ1n) is 12.6. The lowest BCUT2D eigenvalue weighted by molar-refractivity contribution is -0.179. The predicted octanol–water partition coefficient (Wildman–Crippen LogP) is 4.48. The molecule has 4 nitrogen and oxygen atoms in total. The van der Waals surface area contributed by atoms with Crippen molar-refractivity contribution in [3.63, 3.8) is 0 Å². The van der Waals surface area contributed by atoms with Crippen LogP contribution >= 0.6 is 0 Å². The molecule has 0 aromatic rings. The van der Waals surface area contributed by atoms with E-state index in [2.05, 4.69) is 20.8 Å². The van der Waals surface area contributed by atoms with Gasteiger partial charge in [-0.2, -0.15) is 0 Å². The zero-order valence-electron chi connectivity index (χ0n) is 19.9. The Balaban J connectivity index is 1.51. The van der Waals surface area contributed by atoms with Gasteiger partial charge < -0.3 is 15.1 Å². The summed E-state index contributed by atoms with van der Waals surface area (Å²) in [4.78, 5) is 13.8. The third kappa shape index (κ3) is 3.54. The summed E-state index contributed by atoms with van der Waals surface area (Å²) in [5.74, 6) is 3.72. The molecule has 10 atom stereocenters. The van der Waals surface area contributed by atoms with Crippen molar-refractivity contribution in [1.29, 1.82) is 0 Å². The van der Waals surface area contributed by atoms with Gasteiger partial charge in [0.2, 0.25) is 5.91 Å². The van der Waals surface area contributed by atoms with E-state index in [-0.39, 0.29) is 28.9 Å². The number of hydrogen-bond donors (Lipinski definition) is 2. The van der Waals surface area contributed by atoms with Gasteiger partial charge in [0, 0.05) is 20.5 Å². The molecule has 4 aliphatic rings. The Kier molecular flexibility index (Phi) is 6.07. The zero-order chi connectivity index (χ0) is 21.8. The van der Waals surface area contributed by atoms with Crippen molar-refractivity contribution in [1.82, 2.24) is 4.90 Å². The second-order valence-corrected chi connectivity index (χ2v) is 12.3. The number of hydrogen-bond acceptors (Lipinski definition) is 3. The van der Waals surface area contributed by atoms with Gasteiger partial charge in [0.1, 0.15) is 0 Å².